The van der Waals surface area contributed by atoms with Crippen molar-refractivity contribution in [1.29, 1.82) is 0 Å². The summed E-state index contributed by atoms with van der Waals surface area (Å²) in [7, 11) is 3.55. The Morgan fingerprint density at radius 2 is 1.94 bits per heavy atom. The second-order valence-electron chi connectivity index (χ2n) is 8.00. The van der Waals surface area contributed by atoms with E-state index in [1.54, 1.807) is 54.9 Å². The lowest BCUT2D eigenvalue weighted by Gasteiger charge is -2.18. The minimum absolute atomic E-state index is 0.00490. The van der Waals surface area contributed by atoms with Crippen LogP contribution in [0.5, 0.6) is 5.88 Å². The van der Waals surface area contributed by atoms with Crippen LogP contribution in [0.2, 0.25) is 0 Å². The number of halogens is 3. The van der Waals surface area contributed by atoms with Gasteiger partial charge < -0.3 is 9.30 Å². The standard InChI is InChI=1S/C23H20F3N7O2/c1-4-35-19-9-13(20-15(10-28-32(20)3)21-30-27-12-31(21)2)8-18(29-19)33-11-16-14(22(33)34)6-5-7-17(16)23(24,25)26/h5-10,12H,4,11H2,1-3H3. The molecule has 1 aliphatic heterocycles. The number of anilines is 1. The molecule has 35 heavy (non-hydrogen) atoms. The lowest BCUT2D eigenvalue weighted by molar-refractivity contribution is -0.138. The molecule has 0 fully saturated rings. The van der Waals surface area contributed by atoms with Crippen molar-refractivity contribution in [3.8, 4) is 28.5 Å². The third-order valence-electron chi connectivity index (χ3n) is 5.79. The van der Waals surface area contributed by atoms with Crippen molar-refractivity contribution < 1.29 is 22.7 Å². The minimum Gasteiger partial charge on any atom is -0.478 e. The van der Waals surface area contributed by atoms with Crippen LogP contribution in [0.15, 0.2) is 42.9 Å². The lowest BCUT2D eigenvalue weighted by Crippen LogP contribution is -2.24. The fourth-order valence-corrected chi connectivity index (χ4v) is 4.24. The van der Waals surface area contributed by atoms with E-state index in [0.29, 0.717) is 29.3 Å². The van der Waals surface area contributed by atoms with Gasteiger partial charge in [-0.2, -0.15) is 23.3 Å². The molecule has 1 aromatic carbocycles. The van der Waals surface area contributed by atoms with E-state index in [4.69, 9.17) is 4.74 Å². The average Bonchev–Trinajstić information content (AvgIpc) is 3.50. The van der Waals surface area contributed by atoms with E-state index in [2.05, 4.69) is 20.3 Å². The monoisotopic (exact) mass is 483 g/mol. The highest BCUT2D eigenvalue weighted by atomic mass is 19.4. The Morgan fingerprint density at radius 3 is 2.63 bits per heavy atom. The molecule has 12 heteroatoms. The van der Waals surface area contributed by atoms with Crippen LogP contribution in [0, 0.1) is 0 Å². The molecule has 0 spiro atoms. The van der Waals surface area contributed by atoms with Crippen LogP contribution in [0.3, 0.4) is 0 Å². The predicted molar refractivity (Wildman–Crippen MR) is 120 cm³/mol. The van der Waals surface area contributed by atoms with Crippen molar-refractivity contribution in [2.45, 2.75) is 19.6 Å². The maximum absolute atomic E-state index is 13.6. The molecule has 0 bridgehead atoms. The molecule has 0 N–H and O–H groups in total. The Morgan fingerprint density at radius 1 is 1.14 bits per heavy atom. The lowest BCUT2D eigenvalue weighted by atomic mass is 10.0. The Labute approximate surface area is 197 Å². The molecule has 0 atom stereocenters. The number of carbonyl (C=O) groups is 1. The summed E-state index contributed by atoms with van der Waals surface area (Å²) in [6.45, 7) is 1.84. The summed E-state index contributed by atoms with van der Waals surface area (Å²) < 4.78 is 49.8. The summed E-state index contributed by atoms with van der Waals surface area (Å²) in [5.74, 6) is 0.413. The molecule has 3 aromatic heterocycles. The fourth-order valence-electron chi connectivity index (χ4n) is 4.24. The van der Waals surface area contributed by atoms with E-state index in [1.807, 2.05) is 0 Å². The molecule has 5 rings (SSSR count). The largest absolute Gasteiger partial charge is 0.478 e. The first-order valence-corrected chi connectivity index (χ1v) is 10.7. The van der Waals surface area contributed by atoms with Crippen LogP contribution < -0.4 is 9.64 Å². The summed E-state index contributed by atoms with van der Waals surface area (Å²) in [6.07, 6.45) is -1.37. The van der Waals surface area contributed by atoms with Crippen LogP contribution >= 0.6 is 0 Å². The van der Waals surface area contributed by atoms with Gasteiger partial charge in [0.25, 0.3) is 5.91 Å². The van der Waals surface area contributed by atoms with Gasteiger partial charge in [-0.1, -0.05) is 6.07 Å². The van der Waals surface area contributed by atoms with E-state index < -0.39 is 17.6 Å². The SMILES string of the molecule is CCOc1cc(-c2c(-c3nncn3C)cnn2C)cc(N2Cc3c(cccc3C(F)(F)F)C2=O)n1. The number of hydrogen-bond donors (Lipinski definition) is 0. The zero-order chi connectivity index (χ0) is 24.9. The number of amides is 1. The van der Waals surface area contributed by atoms with E-state index in [1.165, 1.54) is 17.0 Å². The number of carbonyl (C=O) groups excluding carboxylic acids is 1. The third kappa shape index (κ3) is 3.80. The number of alkyl halides is 3. The summed E-state index contributed by atoms with van der Waals surface area (Å²) in [4.78, 5) is 18.8. The van der Waals surface area contributed by atoms with Crippen molar-refractivity contribution in [2.75, 3.05) is 11.5 Å². The van der Waals surface area contributed by atoms with E-state index in [0.717, 1.165) is 6.07 Å². The number of pyridine rings is 1. The highest BCUT2D eigenvalue weighted by Gasteiger charge is 2.40. The van der Waals surface area contributed by atoms with E-state index >= 15 is 0 Å². The van der Waals surface area contributed by atoms with Crippen LogP contribution in [0.25, 0.3) is 22.6 Å². The molecule has 9 nitrogen and oxygen atoms in total. The Bertz CT molecular complexity index is 1440. The molecule has 180 valence electrons. The molecule has 1 aliphatic rings. The number of benzene rings is 1. The smallest absolute Gasteiger partial charge is 0.416 e. The van der Waals surface area contributed by atoms with Crippen LogP contribution in [-0.2, 0) is 26.8 Å². The van der Waals surface area contributed by atoms with E-state index in [9.17, 15) is 18.0 Å². The highest BCUT2D eigenvalue weighted by Crippen LogP contribution is 2.40. The molecule has 0 aliphatic carbocycles. The number of fused-ring (bicyclic) bond motifs is 1. The Kier molecular flexibility index (Phi) is 5.30. The zero-order valence-corrected chi connectivity index (χ0v) is 19.0. The number of aryl methyl sites for hydroxylation is 2. The first-order chi connectivity index (χ1) is 16.7. The fraction of sp³-hybridized carbons (Fsp3) is 0.261. The highest BCUT2D eigenvalue weighted by molar-refractivity contribution is 6.10. The predicted octanol–water partition coefficient (Wildman–Crippen LogP) is 3.86. The second-order valence-corrected chi connectivity index (χ2v) is 8.00. The first-order valence-electron chi connectivity index (χ1n) is 10.7. The van der Waals surface area contributed by atoms with Gasteiger partial charge in [0, 0.05) is 31.3 Å². The molecular formula is C23H20F3N7O2. The number of aromatic nitrogens is 6. The van der Waals surface area contributed by atoms with Crippen molar-refractivity contribution in [2.24, 2.45) is 14.1 Å². The zero-order valence-electron chi connectivity index (χ0n) is 19.0. The average molecular weight is 483 g/mol. The van der Waals surface area contributed by atoms with Crippen molar-refractivity contribution in [3.05, 3.63) is 59.5 Å². The van der Waals surface area contributed by atoms with Gasteiger partial charge in [-0.3, -0.25) is 14.4 Å². The summed E-state index contributed by atoms with van der Waals surface area (Å²) >= 11 is 0. The van der Waals surface area contributed by atoms with Crippen molar-refractivity contribution >= 4 is 11.7 Å². The van der Waals surface area contributed by atoms with Crippen LogP contribution in [0.1, 0.15) is 28.4 Å². The van der Waals surface area contributed by atoms with E-state index in [-0.39, 0.29) is 29.4 Å². The van der Waals surface area contributed by atoms with Crippen molar-refractivity contribution in [1.82, 2.24) is 29.5 Å². The Balaban J connectivity index is 1.63. The normalized spacial score (nSPS) is 13.4. The molecule has 4 aromatic rings. The number of rotatable bonds is 5. The Hall–Kier alpha value is -4.22. The summed E-state index contributed by atoms with van der Waals surface area (Å²) in [5, 5.41) is 12.4. The van der Waals surface area contributed by atoms with Gasteiger partial charge in [-0.05, 0) is 30.7 Å². The molecule has 0 saturated heterocycles. The quantitative estimate of drug-likeness (QED) is 0.428. The van der Waals surface area contributed by atoms with Gasteiger partial charge in [0.2, 0.25) is 5.88 Å². The maximum Gasteiger partial charge on any atom is 0.416 e. The maximum atomic E-state index is 13.6. The third-order valence-corrected chi connectivity index (χ3v) is 5.79. The summed E-state index contributed by atoms with van der Waals surface area (Å²) in [5.41, 5.74) is 1.05. The topological polar surface area (TPSA) is 91.0 Å². The first kappa shape index (κ1) is 22.6. The van der Waals surface area contributed by atoms with Crippen LogP contribution in [-0.4, -0.2) is 42.0 Å². The van der Waals surface area contributed by atoms with Crippen molar-refractivity contribution in [3.63, 3.8) is 0 Å². The number of hydrogen-bond acceptors (Lipinski definition) is 6. The second kappa shape index (κ2) is 8.22. The van der Waals surface area contributed by atoms with Gasteiger partial charge in [-0.15, -0.1) is 10.2 Å². The van der Waals surface area contributed by atoms with Gasteiger partial charge >= 0.3 is 6.18 Å². The molecule has 1 amide bonds. The van der Waals surface area contributed by atoms with Gasteiger partial charge in [0.05, 0.1) is 36.2 Å². The number of nitrogens with zero attached hydrogens (tertiary/aromatic N) is 7. The molecular weight excluding hydrogens is 463 g/mol. The van der Waals surface area contributed by atoms with Gasteiger partial charge in [0.1, 0.15) is 12.1 Å². The van der Waals surface area contributed by atoms with Gasteiger partial charge in [0.15, 0.2) is 5.82 Å². The number of ether oxygens (including phenoxy) is 1. The molecule has 0 radical (unpaired) electrons. The van der Waals surface area contributed by atoms with Gasteiger partial charge in [-0.25, -0.2) is 0 Å². The molecule has 4 heterocycles. The van der Waals surface area contributed by atoms with Crippen LogP contribution in [0.4, 0.5) is 19.0 Å². The molecule has 0 saturated carbocycles. The summed E-state index contributed by atoms with van der Waals surface area (Å²) in [6, 6.07) is 6.94. The molecule has 0 unspecified atom stereocenters. The minimum atomic E-state index is -4.58.